The number of benzene rings is 1. The van der Waals surface area contributed by atoms with Crippen LogP contribution in [0, 0.1) is 33.5 Å². The number of nitrogens with one attached hydrogen (secondary N) is 1. The highest BCUT2D eigenvalue weighted by Crippen LogP contribution is 2.78. The van der Waals surface area contributed by atoms with Crippen molar-refractivity contribution in [3.63, 3.8) is 0 Å². The summed E-state index contributed by atoms with van der Waals surface area (Å²) in [7, 11) is 1.63. The number of carbonyl (C=O) groups excluding carboxylic acids is 2. The van der Waals surface area contributed by atoms with Crippen LogP contribution >= 0.6 is 11.3 Å². The molecule has 3 saturated carbocycles. The van der Waals surface area contributed by atoms with Crippen molar-refractivity contribution < 1.29 is 24.5 Å². The van der Waals surface area contributed by atoms with Crippen LogP contribution in [-0.2, 0) is 6.42 Å². The predicted octanol–water partition coefficient (Wildman–Crippen LogP) is 7.19. The third-order valence-corrected chi connectivity index (χ3v) is 14.6. The predicted molar refractivity (Wildman–Crippen MR) is 189 cm³/mol. The Morgan fingerprint density at radius 3 is 2.42 bits per heavy atom. The first-order valence-electron chi connectivity index (χ1n) is 17.9. The number of Topliss-reactive ketones (excluding diaryl/α,β-unsaturated/α-hetero) is 1. The largest absolute Gasteiger partial charge is 0.497 e. The van der Waals surface area contributed by atoms with E-state index in [0.717, 1.165) is 44.1 Å². The highest BCUT2D eigenvalue weighted by Gasteiger charge is 2.74. The number of amides is 2. The van der Waals surface area contributed by atoms with Gasteiger partial charge >= 0.3 is 6.03 Å². The Labute approximate surface area is 289 Å². The number of carbonyl (C=O) groups is 2. The minimum Gasteiger partial charge on any atom is -0.497 e. The lowest BCUT2D eigenvalue weighted by molar-refractivity contribution is -0.174. The number of hydrogen-bond acceptors (Lipinski definition) is 6. The monoisotopic (exact) mass is 672 g/mol. The van der Waals surface area contributed by atoms with Gasteiger partial charge in [-0.3, -0.25) is 4.79 Å². The number of allylic oxidation sites excluding steroid dienone is 4. The number of aliphatic hydroxyl groups excluding tert-OH is 1. The van der Waals surface area contributed by atoms with Gasteiger partial charge in [-0.2, -0.15) is 0 Å². The van der Waals surface area contributed by atoms with Crippen LogP contribution in [0.3, 0.4) is 0 Å². The molecule has 0 aliphatic heterocycles. The molecular weight excluding hydrogens is 621 g/mol. The molecular formula is C40H52N2O5S. The van der Waals surface area contributed by atoms with Gasteiger partial charge in [0.2, 0.25) is 0 Å². The van der Waals surface area contributed by atoms with Gasteiger partial charge in [0.25, 0.3) is 0 Å². The first-order chi connectivity index (χ1) is 22.8. The van der Waals surface area contributed by atoms with E-state index in [1.165, 1.54) is 4.88 Å². The number of ether oxygens (including phenoxy) is 1. The van der Waals surface area contributed by atoms with Crippen LogP contribution in [0.15, 0.2) is 65.6 Å². The summed E-state index contributed by atoms with van der Waals surface area (Å²) in [4.78, 5) is 31.5. The van der Waals surface area contributed by atoms with Gasteiger partial charge < -0.3 is 25.2 Å². The highest BCUT2D eigenvalue weighted by molar-refractivity contribution is 7.09. The quantitative estimate of drug-likeness (QED) is 0.194. The molecule has 2 aromatic rings. The molecule has 3 N–H and O–H groups in total. The maximum absolute atomic E-state index is 14.8. The molecule has 0 radical (unpaired) electrons. The van der Waals surface area contributed by atoms with Crippen LogP contribution in [0.2, 0.25) is 0 Å². The Morgan fingerprint density at radius 2 is 1.73 bits per heavy atom. The number of ketones is 1. The van der Waals surface area contributed by atoms with E-state index in [-0.39, 0.29) is 47.1 Å². The van der Waals surface area contributed by atoms with E-state index in [1.807, 2.05) is 49.1 Å². The van der Waals surface area contributed by atoms with Gasteiger partial charge in [0.05, 0.1) is 25.4 Å². The third kappa shape index (κ3) is 4.87. The molecule has 258 valence electrons. The van der Waals surface area contributed by atoms with Gasteiger partial charge in [0, 0.05) is 44.8 Å². The second-order valence-electron chi connectivity index (χ2n) is 16.2. The van der Waals surface area contributed by atoms with Gasteiger partial charge in [0.15, 0.2) is 5.78 Å². The number of urea groups is 1. The number of fused-ring (bicyclic) bond motifs is 1. The van der Waals surface area contributed by atoms with Gasteiger partial charge in [-0.15, -0.1) is 11.3 Å². The summed E-state index contributed by atoms with van der Waals surface area (Å²) in [5.41, 5.74) is -1.20. The van der Waals surface area contributed by atoms with Crippen LogP contribution in [-0.4, -0.2) is 64.9 Å². The van der Waals surface area contributed by atoms with Crippen molar-refractivity contribution in [1.82, 2.24) is 10.2 Å². The molecule has 8 unspecified atom stereocenters. The van der Waals surface area contributed by atoms with Crippen molar-refractivity contribution >= 4 is 23.2 Å². The summed E-state index contributed by atoms with van der Waals surface area (Å²) in [6.45, 7) is 9.36. The summed E-state index contributed by atoms with van der Waals surface area (Å²) in [5.74, 6) is 0.971. The number of aliphatic hydroxyl groups is 2. The molecule has 0 saturated heterocycles. The number of nitrogens with zero attached hydrogens (tertiary/aromatic N) is 1. The summed E-state index contributed by atoms with van der Waals surface area (Å²) >= 11 is 1.69. The lowest BCUT2D eigenvalue weighted by Gasteiger charge is -2.71. The number of thiophene rings is 1. The fraction of sp³-hybridized carbons (Fsp3) is 0.600. The minimum atomic E-state index is -1.11. The molecule has 2 spiro atoms. The maximum Gasteiger partial charge on any atom is 0.317 e. The van der Waals surface area contributed by atoms with Crippen molar-refractivity contribution in [1.29, 1.82) is 0 Å². The zero-order chi connectivity index (χ0) is 34.1. The molecule has 3 fully saturated rings. The average molecular weight is 673 g/mol. The summed E-state index contributed by atoms with van der Waals surface area (Å²) in [6, 6.07) is 11.4. The second-order valence-corrected chi connectivity index (χ2v) is 17.3. The summed E-state index contributed by atoms with van der Waals surface area (Å²) in [5, 5.41) is 29.0. The Hall–Kier alpha value is -2.94. The Balaban J connectivity index is 1.29. The fourth-order valence-electron chi connectivity index (χ4n) is 11.1. The first-order valence-corrected chi connectivity index (χ1v) is 18.8. The van der Waals surface area contributed by atoms with Crippen molar-refractivity contribution in [3.05, 3.63) is 76.0 Å². The molecule has 1 aromatic carbocycles. The molecule has 8 rings (SSSR count). The van der Waals surface area contributed by atoms with E-state index in [2.05, 4.69) is 48.8 Å². The molecule has 2 amide bonds. The van der Waals surface area contributed by atoms with Crippen molar-refractivity contribution in [3.8, 4) is 5.75 Å². The molecule has 8 heteroatoms. The molecule has 7 nitrogen and oxygen atoms in total. The zero-order valence-corrected chi connectivity index (χ0v) is 29.9. The van der Waals surface area contributed by atoms with E-state index < -0.39 is 22.5 Å². The zero-order valence-electron chi connectivity index (χ0n) is 29.1. The number of methoxy groups -OCH3 is 1. The van der Waals surface area contributed by atoms with Crippen molar-refractivity contribution in [2.45, 2.75) is 96.8 Å². The second kappa shape index (κ2) is 11.8. The third-order valence-electron chi connectivity index (χ3n) is 13.7. The molecule has 1 heterocycles. The SMILES string of the molecule is COc1ccc(C(=O)C2=CC34C=CC25C(CCC2(C)C5CCC2(O)CN(CCc2cccs2)C(=O)NC(C)C)C3(C)CCC(O)C4)cc1. The van der Waals surface area contributed by atoms with Gasteiger partial charge in [-0.05, 0) is 118 Å². The number of rotatable bonds is 9. The maximum atomic E-state index is 14.8. The lowest BCUT2D eigenvalue weighted by atomic mass is 9.32. The summed E-state index contributed by atoms with van der Waals surface area (Å²) in [6.07, 6.45) is 12.6. The standard InChI is InChI=1S/C40H52N2O5S/c1-26(2)41-35(45)42(21-15-30-7-6-22-48-30)25-39(46)18-14-33-37(39,4)17-13-32-36(3)16-12-28(43)23-38(36)19-20-40(32,33)31(24-38)34(44)27-8-10-29(47-5)11-9-27/h6-11,19-20,22,24,26,28,32-33,43,46H,12-18,21,23,25H2,1-5H3,(H,41,45). The Kier molecular flexibility index (Phi) is 8.28. The minimum absolute atomic E-state index is 0.0149. The molecule has 6 aliphatic carbocycles. The molecule has 48 heavy (non-hydrogen) atoms. The molecule has 8 atom stereocenters. The van der Waals surface area contributed by atoms with Crippen LogP contribution in [0.1, 0.15) is 87.9 Å². The van der Waals surface area contributed by atoms with Crippen LogP contribution in [0.5, 0.6) is 5.75 Å². The van der Waals surface area contributed by atoms with E-state index in [0.29, 0.717) is 30.7 Å². The first kappa shape index (κ1) is 33.6. The fourth-order valence-corrected chi connectivity index (χ4v) is 11.8. The number of hydrogen-bond donors (Lipinski definition) is 3. The molecule has 2 bridgehead atoms. The Morgan fingerprint density at radius 1 is 1.02 bits per heavy atom. The van der Waals surface area contributed by atoms with Crippen molar-refractivity contribution in [2.75, 3.05) is 20.2 Å². The lowest BCUT2D eigenvalue weighted by Crippen LogP contribution is -2.67. The summed E-state index contributed by atoms with van der Waals surface area (Å²) < 4.78 is 5.40. The molecule has 6 aliphatic rings. The van der Waals surface area contributed by atoms with Crippen LogP contribution in [0.4, 0.5) is 4.79 Å². The van der Waals surface area contributed by atoms with Crippen LogP contribution < -0.4 is 10.1 Å². The normalized spacial score (nSPS) is 37.8. The Bertz CT molecular complexity index is 1620. The smallest absolute Gasteiger partial charge is 0.317 e. The average Bonchev–Trinajstić information content (AvgIpc) is 3.68. The van der Waals surface area contributed by atoms with E-state index in [4.69, 9.17) is 4.74 Å². The van der Waals surface area contributed by atoms with E-state index in [9.17, 15) is 19.8 Å². The van der Waals surface area contributed by atoms with Gasteiger partial charge in [0.1, 0.15) is 5.75 Å². The molecule has 1 aromatic heterocycles. The van der Waals surface area contributed by atoms with Crippen molar-refractivity contribution in [2.24, 2.45) is 33.5 Å². The van der Waals surface area contributed by atoms with Gasteiger partial charge in [-0.25, -0.2) is 4.79 Å². The van der Waals surface area contributed by atoms with E-state index >= 15 is 0 Å². The highest BCUT2D eigenvalue weighted by atomic mass is 32.1. The van der Waals surface area contributed by atoms with E-state index in [1.54, 1.807) is 18.4 Å². The topological polar surface area (TPSA) is 99.1 Å². The van der Waals surface area contributed by atoms with Crippen LogP contribution in [0.25, 0.3) is 0 Å². The van der Waals surface area contributed by atoms with Gasteiger partial charge in [-0.1, -0.05) is 38.1 Å².